The van der Waals surface area contributed by atoms with Crippen LogP contribution in [0.4, 0.5) is 5.82 Å². The Morgan fingerprint density at radius 1 is 1.19 bits per heavy atom. The summed E-state index contributed by atoms with van der Waals surface area (Å²) in [6, 6.07) is 13.5. The van der Waals surface area contributed by atoms with Crippen molar-refractivity contribution in [3.05, 3.63) is 59.8 Å². The van der Waals surface area contributed by atoms with Crippen LogP contribution < -0.4 is 5.32 Å². The van der Waals surface area contributed by atoms with Gasteiger partial charge in [-0.25, -0.2) is 4.98 Å². The number of benzene rings is 1. The number of nitrogens with one attached hydrogen (secondary N) is 1. The minimum Gasteiger partial charge on any atom is -0.366 e. The molecule has 1 heterocycles. The lowest BCUT2D eigenvalue weighted by Crippen LogP contribution is -2.01. The third-order valence-corrected chi connectivity index (χ3v) is 2.24. The Morgan fingerprint density at radius 2 is 2.00 bits per heavy atom. The molecule has 3 nitrogen and oxygen atoms in total. The quantitative estimate of drug-likeness (QED) is 0.792. The third-order valence-electron chi connectivity index (χ3n) is 2.24. The Bertz CT molecular complexity index is 468. The van der Waals surface area contributed by atoms with Gasteiger partial charge in [-0.3, -0.25) is 4.79 Å². The molecule has 2 aromatic rings. The monoisotopic (exact) mass is 212 g/mol. The molecule has 0 aliphatic carbocycles. The number of carbonyl (C=O) groups is 1. The topological polar surface area (TPSA) is 42.0 Å². The van der Waals surface area contributed by atoms with Crippen molar-refractivity contribution in [3.8, 4) is 0 Å². The highest BCUT2D eigenvalue weighted by molar-refractivity contribution is 5.75. The van der Waals surface area contributed by atoms with Gasteiger partial charge in [0.15, 0.2) is 0 Å². The van der Waals surface area contributed by atoms with E-state index >= 15 is 0 Å². The van der Waals surface area contributed by atoms with Gasteiger partial charge in [-0.1, -0.05) is 30.3 Å². The second-order valence-corrected chi connectivity index (χ2v) is 3.43. The highest BCUT2D eigenvalue weighted by Crippen LogP contribution is 2.07. The molecule has 1 N–H and O–H groups in total. The average Bonchev–Trinajstić information content (AvgIpc) is 2.38. The van der Waals surface area contributed by atoms with E-state index in [-0.39, 0.29) is 0 Å². The molecule has 0 bridgehead atoms. The van der Waals surface area contributed by atoms with Crippen molar-refractivity contribution in [2.45, 2.75) is 6.54 Å². The van der Waals surface area contributed by atoms with Gasteiger partial charge in [0, 0.05) is 18.3 Å². The lowest BCUT2D eigenvalue weighted by atomic mass is 10.2. The van der Waals surface area contributed by atoms with Crippen LogP contribution in [-0.4, -0.2) is 11.3 Å². The smallest absolute Gasteiger partial charge is 0.150 e. The molecule has 2 rings (SSSR count). The van der Waals surface area contributed by atoms with Gasteiger partial charge in [-0.2, -0.15) is 0 Å². The average molecular weight is 212 g/mol. The lowest BCUT2D eigenvalue weighted by molar-refractivity contribution is 0.112. The standard InChI is InChI=1S/C13H12N2O/c16-10-12-6-7-14-13(8-12)15-9-11-4-2-1-3-5-11/h1-8,10H,9H2,(H,14,15). The number of hydrogen-bond donors (Lipinski definition) is 1. The molecule has 0 saturated heterocycles. The highest BCUT2D eigenvalue weighted by atomic mass is 16.1. The molecule has 0 spiro atoms. The summed E-state index contributed by atoms with van der Waals surface area (Å²) in [7, 11) is 0. The molecule has 1 aromatic carbocycles. The summed E-state index contributed by atoms with van der Waals surface area (Å²) in [4.78, 5) is 14.7. The van der Waals surface area contributed by atoms with E-state index in [9.17, 15) is 4.79 Å². The van der Waals surface area contributed by atoms with Crippen molar-refractivity contribution < 1.29 is 4.79 Å². The molecule has 16 heavy (non-hydrogen) atoms. The Hall–Kier alpha value is -2.16. The second kappa shape index (κ2) is 5.07. The van der Waals surface area contributed by atoms with E-state index in [0.29, 0.717) is 17.9 Å². The normalized spacial score (nSPS) is 9.75. The van der Waals surface area contributed by atoms with Gasteiger partial charge in [-0.15, -0.1) is 0 Å². The van der Waals surface area contributed by atoms with Gasteiger partial charge in [0.05, 0.1) is 0 Å². The largest absolute Gasteiger partial charge is 0.366 e. The molecule has 0 atom stereocenters. The van der Waals surface area contributed by atoms with Crippen LogP contribution in [0.25, 0.3) is 0 Å². The maximum absolute atomic E-state index is 10.6. The molecule has 0 aliphatic heterocycles. The molecular weight excluding hydrogens is 200 g/mol. The Labute approximate surface area is 94.1 Å². The predicted molar refractivity (Wildman–Crippen MR) is 63.4 cm³/mol. The van der Waals surface area contributed by atoms with Gasteiger partial charge in [0.2, 0.25) is 0 Å². The summed E-state index contributed by atoms with van der Waals surface area (Å²) in [5.74, 6) is 0.716. The molecule has 3 heteroatoms. The molecular formula is C13H12N2O. The van der Waals surface area contributed by atoms with E-state index in [0.717, 1.165) is 6.29 Å². The Kier molecular flexibility index (Phi) is 3.28. The van der Waals surface area contributed by atoms with Crippen molar-refractivity contribution in [1.29, 1.82) is 0 Å². The van der Waals surface area contributed by atoms with E-state index in [1.54, 1.807) is 18.3 Å². The van der Waals surface area contributed by atoms with Crippen molar-refractivity contribution in [2.75, 3.05) is 5.32 Å². The molecule has 0 saturated carbocycles. The minimum absolute atomic E-state index is 0.630. The van der Waals surface area contributed by atoms with E-state index < -0.39 is 0 Å². The Morgan fingerprint density at radius 3 is 2.75 bits per heavy atom. The van der Waals surface area contributed by atoms with Gasteiger partial charge in [0.25, 0.3) is 0 Å². The summed E-state index contributed by atoms with van der Waals surface area (Å²) in [6.45, 7) is 0.705. The van der Waals surface area contributed by atoms with E-state index in [4.69, 9.17) is 0 Å². The second-order valence-electron chi connectivity index (χ2n) is 3.43. The molecule has 0 unspecified atom stereocenters. The first kappa shape index (κ1) is 10.4. The number of hydrogen-bond acceptors (Lipinski definition) is 3. The number of nitrogens with zero attached hydrogens (tertiary/aromatic N) is 1. The Balaban J connectivity index is 2.02. The van der Waals surface area contributed by atoms with Crippen LogP contribution in [0.1, 0.15) is 15.9 Å². The SMILES string of the molecule is O=Cc1ccnc(NCc2ccccc2)c1. The highest BCUT2D eigenvalue weighted by Gasteiger charge is 1.96. The maximum Gasteiger partial charge on any atom is 0.150 e. The molecule has 1 aromatic heterocycles. The van der Waals surface area contributed by atoms with Crippen molar-refractivity contribution in [2.24, 2.45) is 0 Å². The zero-order chi connectivity index (χ0) is 11.2. The first-order valence-electron chi connectivity index (χ1n) is 5.07. The van der Waals surface area contributed by atoms with Crippen LogP contribution in [0.15, 0.2) is 48.7 Å². The van der Waals surface area contributed by atoms with Crippen LogP contribution >= 0.6 is 0 Å². The van der Waals surface area contributed by atoms with Gasteiger partial charge in [0.1, 0.15) is 12.1 Å². The number of anilines is 1. The van der Waals surface area contributed by atoms with Crippen molar-refractivity contribution in [1.82, 2.24) is 4.98 Å². The fourth-order valence-corrected chi connectivity index (χ4v) is 1.41. The zero-order valence-electron chi connectivity index (χ0n) is 8.76. The van der Waals surface area contributed by atoms with E-state index in [2.05, 4.69) is 10.3 Å². The summed E-state index contributed by atoms with van der Waals surface area (Å²) in [5.41, 5.74) is 1.81. The first-order chi connectivity index (χ1) is 7.88. The van der Waals surface area contributed by atoms with Crippen LogP contribution in [0.2, 0.25) is 0 Å². The number of rotatable bonds is 4. The molecule has 0 amide bonds. The van der Waals surface area contributed by atoms with E-state index in [1.807, 2.05) is 30.3 Å². The van der Waals surface area contributed by atoms with E-state index in [1.165, 1.54) is 5.56 Å². The molecule has 0 aliphatic rings. The van der Waals surface area contributed by atoms with Crippen LogP contribution in [0.5, 0.6) is 0 Å². The number of carbonyl (C=O) groups excluding carboxylic acids is 1. The summed E-state index contributed by atoms with van der Waals surface area (Å²) >= 11 is 0. The van der Waals surface area contributed by atoms with Crippen LogP contribution in [0, 0.1) is 0 Å². The number of aldehydes is 1. The lowest BCUT2D eigenvalue weighted by Gasteiger charge is -2.05. The maximum atomic E-state index is 10.6. The van der Waals surface area contributed by atoms with Crippen molar-refractivity contribution >= 4 is 12.1 Å². The van der Waals surface area contributed by atoms with Crippen LogP contribution in [-0.2, 0) is 6.54 Å². The van der Waals surface area contributed by atoms with Gasteiger partial charge < -0.3 is 5.32 Å². The zero-order valence-corrected chi connectivity index (χ0v) is 8.76. The summed E-state index contributed by atoms with van der Waals surface area (Å²) in [6.07, 6.45) is 2.44. The molecule has 0 fully saturated rings. The molecule has 0 radical (unpaired) electrons. The predicted octanol–water partition coefficient (Wildman–Crippen LogP) is 2.51. The summed E-state index contributed by atoms with van der Waals surface area (Å²) < 4.78 is 0. The van der Waals surface area contributed by atoms with Gasteiger partial charge >= 0.3 is 0 Å². The third kappa shape index (κ3) is 2.67. The fourth-order valence-electron chi connectivity index (χ4n) is 1.41. The van der Waals surface area contributed by atoms with Crippen molar-refractivity contribution in [3.63, 3.8) is 0 Å². The first-order valence-corrected chi connectivity index (χ1v) is 5.07. The summed E-state index contributed by atoms with van der Waals surface area (Å²) in [5, 5.41) is 3.17. The molecule has 80 valence electrons. The number of pyridine rings is 1. The van der Waals surface area contributed by atoms with Gasteiger partial charge in [-0.05, 0) is 17.7 Å². The minimum atomic E-state index is 0.630. The van der Waals surface area contributed by atoms with Crippen LogP contribution in [0.3, 0.4) is 0 Å². The fraction of sp³-hybridized carbons (Fsp3) is 0.0769. The number of aromatic nitrogens is 1.